The van der Waals surface area contributed by atoms with Gasteiger partial charge in [-0.1, -0.05) is 0 Å². The minimum absolute atomic E-state index is 0.180. The Bertz CT molecular complexity index is 1110. The summed E-state index contributed by atoms with van der Waals surface area (Å²) in [7, 11) is 3.57. The zero-order valence-corrected chi connectivity index (χ0v) is 14.0. The lowest BCUT2D eigenvalue weighted by molar-refractivity contribution is 0.377. The van der Waals surface area contributed by atoms with Crippen LogP contribution in [-0.2, 0) is 0 Å². The number of nitrogens with zero attached hydrogens (tertiary/aromatic N) is 2. The molecule has 27 heavy (non-hydrogen) atoms. The molecule has 0 atom stereocenters. The number of halogens is 5. The number of hydrogen-bond donors (Lipinski definition) is 0. The summed E-state index contributed by atoms with van der Waals surface area (Å²) in [6.07, 6.45) is 1.40. The highest BCUT2D eigenvalue weighted by Gasteiger charge is 2.24. The maximum absolute atomic E-state index is 13.7. The molecule has 9 heteroatoms. The van der Waals surface area contributed by atoms with Gasteiger partial charge in [-0.05, 0) is 24.3 Å². The molecule has 0 radical (unpaired) electrons. The van der Waals surface area contributed by atoms with Crippen LogP contribution < -0.4 is 10.5 Å². The first-order valence-electron chi connectivity index (χ1n) is 7.52. The third kappa shape index (κ3) is 3.27. The van der Waals surface area contributed by atoms with Gasteiger partial charge in [0, 0.05) is 25.8 Å². The standard InChI is InChI=1S/C18H11F5N2O2/c1-25(2)8-3-5-10-12(7-8)27-18(26)11(24-10)6-4-9-13(19)15(21)17(23)16(22)14(9)20/h3-7H,1-2H3. The highest BCUT2D eigenvalue weighted by Crippen LogP contribution is 2.25. The molecule has 0 aliphatic heterocycles. The second kappa shape index (κ2) is 6.82. The lowest BCUT2D eigenvalue weighted by atomic mass is 10.1. The molecule has 0 saturated carbocycles. The van der Waals surface area contributed by atoms with Crippen molar-refractivity contribution >= 4 is 28.9 Å². The van der Waals surface area contributed by atoms with Crippen molar-refractivity contribution in [2.45, 2.75) is 0 Å². The lowest BCUT2D eigenvalue weighted by Gasteiger charge is -2.12. The molecule has 0 saturated heterocycles. The predicted molar refractivity (Wildman–Crippen MR) is 89.8 cm³/mol. The van der Waals surface area contributed by atoms with Crippen LogP contribution in [0.1, 0.15) is 11.3 Å². The average molecular weight is 382 g/mol. The van der Waals surface area contributed by atoms with Gasteiger partial charge in [-0.2, -0.15) is 0 Å². The molecule has 0 fully saturated rings. The molecule has 0 unspecified atom stereocenters. The number of aromatic nitrogens is 1. The van der Waals surface area contributed by atoms with Crippen LogP contribution >= 0.6 is 0 Å². The summed E-state index contributed by atoms with van der Waals surface area (Å²) in [6, 6.07) is 4.83. The van der Waals surface area contributed by atoms with Gasteiger partial charge in [-0.3, -0.25) is 0 Å². The Labute approximate surface area is 149 Å². The van der Waals surface area contributed by atoms with Crippen molar-refractivity contribution in [2.24, 2.45) is 0 Å². The molecule has 0 N–H and O–H groups in total. The van der Waals surface area contributed by atoms with Crippen molar-refractivity contribution in [3.63, 3.8) is 0 Å². The fourth-order valence-electron chi connectivity index (χ4n) is 2.32. The Hall–Kier alpha value is -3.23. The minimum atomic E-state index is -2.26. The van der Waals surface area contributed by atoms with Crippen LogP contribution in [0.15, 0.2) is 27.4 Å². The predicted octanol–water partition coefficient (Wildman–Crippen LogP) is 4.12. The number of fused-ring (bicyclic) bond motifs is 1. The molecule has 0 bridgehead atoms. The summed E-state index contributed by atoms with van der Waals surface area (Å²) in [6.45, 7) is 0. The Balaban J connectivity index is 2.09. The van der Waals surface area contributed by atoms with Gasteiger partial charge in [-0.25, -0.2) is 31.7 Å². The third-order valence-corrected chi connectivity index (χ3v) is 3.76. The van der Waals surface area contributed by atoms with E-state index >= 15 is 0 Å². The van der Waals surface area contributed by atoms with E-state index in [9.17, 15) is 26.7 Å². The Morgan fingerprint density at radius 3 is 2.11 bits per heavy atom. The van der Waals surface area contributed by atoms with E-state index in [1.165, 1.54) is 0 Å². The fourth-order valence-corrected chi connectivity index (χ4v) is 2.32. The molecule has 3 rings (SSSR count). The van der Waals surface area contributed by atoms with Crippen molar-refractivity contribution in [2.75, 3.05) is 19.0 Å². The van der Waals surface area contributed by atoms with E-state index in [2.05, 4.69) is 4.98 Å². The van der Waals surface area contributed by atoms with E-state index < -0.39 is 40.3 Å². The van der Waals surface area contributed by atoms with Gasteiger partial charge < -0.3 is 9.32 Å². The summed E-state index contributed by atoms with van der Waals surface area (Å²) in [5.41, 5.74) is -1.27. The van der Waals surface area contributed by atoms with Gasteiger partial charge in [0.05, 0.1) is 5.56 Å². The van der Waals surface area contributed by atoms with E-state index in [-0.39, 0.29) is 16.8 Å². The largest absolute Gasteiger partial charge is 0.419 e. The fraction of sp³-hybridized carbons (Fsp3) is 0.111. The molecular weight excluding hydrogens is 371 g/mol. The first-order valence-corrected chi connectivity index (χ1v) is 7.52. The Kier molecular flexibility index (Phi) is 4.69. The van der Waals surface area contributed by atoms with Gasteiger partial charge in [0.15, 0.2) is 28.9 Å². The summed E-state index contributed by atoms with van der Waals surface area (Å²) >= 11 is 0. The van der Waals surface area contributed by atoms with Crippen LogP contribution in [0.4, 0.5) is 27.6 Å². The van der Waals surface area contributed by atoms with Crippen LogP contribution in [0, 0.1) is 29.1 Å². The summed E-state index contributed by atoms with van der Waals surface area (Å²) < 4.78 is 72.0. The quantitative estimate of drug-likeness (QED) is 0.388. The van der Waals surface area contributed by atoms with Crippen molar-refractivity contribution < 1.29 is 26.4 Å². The van der Waals surface area contributed by atoms with E-state index in [0.717, 1.165) is 11.8 Å². The van der Waals surface area contributed by atoms with Crippen LogP contribution in [0.2, 0.25) is 0 Å². The van der Waals surface area contributed by atoms with Gasteiger partial charge in [0.1, 0.15) is 11.2 Å². The molecule has 1 heterocycles. The topological polar surface area (TPSA) is 46.3 Å². The molecule has 140 valence electrons. The maximum Gasteiger partial charge on any atom is 0.362 e. The van der Waals surface area contributed by atoms with Gasteiger partial charge >= 0.3 is 5.63 Å². The zero-order valence-electron chi connectivity index (χ0n) is 14.0. The Morgan fingerprint density at radius 1 is 0.926 bits per heavy atom. The molecular formula is C18H11F5N2O2. The molecule has 0 aliphatic carbocycles. The van der Waals surface area contributed by atoms with Crippen LogP contribution in [-0.4, -0.2) is 19.1 Å². The second-order valence-corrected chi connectivity index (χ2v) is 5.75. The molecule has 0 spiro atoms. The molecule has 2 aromatic carbocycles. The van der Waals surface area contributed by atoms with Crippen LogP contribution in [0.25, 0.3) is 23.3 Å². The van der Waals surface area contributed by atoms with Crippen molar-refractivity contribution in [1.29, 1.82) is 0 Å². The van der Waals surface area contributed by atoms with Gasteiger partial charge in [0.25, 0.3) is 0 Å². The van der Waals surface area contributed by atoms with E-state index in [4.69, 9.17) is 4.42 Å². The highest BCUT2D eigenvalue weighted by molar-refractivity contribution is 5.78. The van der Waals surface area contributed by atoms with Crippen molar-refractivity contribution in [3.05, 3.63) is 69.0 Å². The smallest absolute Gasteiger partial charge is 0.362 e. The van der Waals surface area contributed by atoms with E-state index in [1.807, 2.05) is 0 Å². The number of rotatable bonds is 3. The minimum Gasteiger partial charge on any atom is -0.419 e. The lowest BCUT2D eigenvalue weighted by Crippen LogP contribution is -2.10. The number of benzene rings is 2. The van der Waals surface area contributed by atoms with Gasteiger partial charge in [0.2, 0.25) is 5.82 Å². The third-order valence-electron chi connectivity index (χ3n) is 3.76. The summed E-state index contributed by atoms with van der Waals surface area (Å²) in [4.78, 5) is 17.8. The van der Waals surface area contributed by atoms with Gasteiger partial charge in [-0.15, -0.1) is 0 Å². The Morgan fingerprint density at radius 2 is 1.52 bits per heavy atom. The second-order valence-electron chi connectivity index (χ2n) is 5.75. The van der Waals surface area contributed by atoms with E-state index in [1.54, 1.807) is 37.2 Å². The zero-order chi connectivity index (χ0) is 19.9. The number of anilines is 1. The first kappa shape index (κ1) is 18.6. The first-order chi connectivity index (χ1) is 12.7. The highest BCUT2D eigenvalue weighted by atomic mass is 19.2. The number of hydrogen-bond acceptors (Lipinski definition) is 4. The molecule has 4 nitrogen and oxygen atoms in total. The molecule has 0 aliphatic rings. The molecule has 3 aromatic rings. The normalized spacial score (nSPS) is 11.5. The van der Waals surface area contributed by atoms with Crippen LogP contribution in [0.3, 0.4) is 0 Å². The SMILES string of the molecule is CN(C)c1ccc2nc(C=Cc3c(F)c(F)c(F)c(F)c3F)c(=O)oc2c1. The summed E-state index contributed by atoms with van der Waals surface area (Å²) in [5, 5.41) is 0. The van der Waals surface area contributed by atoms with Crippen molar-refractivity contribution in [3.8, 4) is 0 Å². The molecule has 0 amide bonds. The van der Waals surface area contributed by atoms with Crippen molar-refractivity contribution in [1.82, 2.24) is 4.98 Å². The maximum atomic E-state index is 13.7. The summed E-state index contributed by atoms with van der Waals surface area (Å²) in [5.74, 6) is -10.4. The average Bonchev–Trinajstić information content (AvgIpc) is 2.64. The van der Waals surface area contributed by atoms with E-state index in [0.29, 0.717) is 6.08 Å². The van der Waals surface area contributed by atoms with Crippen LogP contribution in [0.5, 0.6) is 0 Å². The monoisotopic (exact) mass is 382 g/mol. The molecule has 1 aromatic heterocycles.